The molecule has 3 N–H and O–H groups in total. The Hall–Kier alpha value is -3.10. The molecule has 4 rings (SSSR count). The number of ether oxygens (including phenoxy) is 1. The third kappa shape index (κ3) is 7.05. The molecule has 206 valence electrons. The Morgan fingerprint density at radius 2 is 1.82 bits per heavy atom. The highest BCUT2D eigenvalue weighted by Crippen LogP contribution is 2.35. The van der Waals surface area contributed by atoms with E-state index in [1.807, 2.05) is 37.3 Å². The smallest absolute Gasteiger partial charge is 0.323 e. The lowest BCUT2D eigenvalue weighted by atomic mass is 9.89. The molecule has 1 aliphatic carbocycles. The number of nitrogens with zero attached hydrogens (tertiary/aromatic N) is 2. The third-order valence-electron chi connectivity index (χ3n) is 7.76. The van der Waals surface area contributed by atoms with Gasteiger partial charge in [-0.25, -0.2) is 4.79 Å². The van der Waals surface area contributed by atoms with E-state index in [-0.39, 0.29) is 30.6 Å². The van der Waals surface area contributed by atoms with Gasteiger partial charge in [0.15, 0.2) is 5.75 Å². The van der Waals surface area contributed by atoms with Crippen LogP contribution in [-0.2, 0) is 0 Å². The Bertz CT molecular complexity index is 1070. The summed E-state index contributed by atoms with van der Waals surface area (Å²) in [6, 6.07) is 13.7. The van der Waals surface area contributed by atoms with Crippen LogP contribution >= 0.6 is 0 Å². The number of para-hydroxylation sites is 2. The minimum absolute atomic E-state index is 0.0149. The zero-order chi connectivity index (χ0) is 27.1. The molecule has 1 aliphatic heterocycles. The van der Waals surface area contributed by atoms with Gasteiger partial charge in [-0.15, -0.1) is 0 Å². The van der Waals surface area contributed by atoms with E-state index in [1.54, 1.807) is 23.1 Å². The highest BCUT2D eigenvalue weighted by atomic mass is 16.5. The normalized spacial score (nSPS) is 21.2. The summed E-state index contributed by atoms with van der Waals surface area (Å²) in [5, 5.41) is 15.6. The lowest BCUT2D eigenvalue weighted by Crippen LogP contribution is -2.50. The zero-order valence-electron chi connectivity index (χ0n) is 22.9. The number of anilines is 2. The molecule has 0 bridgehead atoms. The number of fused-ring (bicyclic) bond motifs is 1. The lowest BCUT2D eigenvalue weighted by molar-refractivity contribution is 0.0333. The second-order valence-electron chi connectivity index (χ2n) is 11.0. The van der Waals surface area contributed by atoms with Crippen LogP contribution in [0, 0.1) is 11.8 Å². The van der Waals surface area contributed by atoms with Gasteiger partial charge in [-0.2, -0.15) is 0 Å². The van der Waals surface area contributed by atoms with E-state index >= 15 is 0 Å². The van der Waals surface area contributed by atoms with Crippen LogP contribution in [0.2, 0.25) is 0 Å². The third-order valence-corrected chi connectivity index (χ3v) is 7.76. The number of rotatable bonds is 8. The summed E-state index contributed by atoms with van der Waals surface area (Å²) in [7, 11) is 2.14. The average molecular weight is 523 g/mol. The van der Waals surface area contributed by atoms with Gasteiger partial charge in [-0.1, -0.05) is 50.5 Å². The van der Waals surface area contributed by atoms with Crippen molar-refractivity contribution in [3.8, 4) is 5.75 Å². The van der Waals surface area contributed by atoms with E-state index < -0.39 is 6.03 Å². The number of nitrogens with one attached hydrogen (secondary N) is 2. The number of hydrogen-bond acceptors (Lipinski definition) is 5. The van der Waals surface area contributed by atoms with Crippen molar-refractivity contribution in [2.75, 3.05) is 43.9 Å². The molecule has 3 atom stereocenters. The van der Waals surface area contributed by atoms with Gasteiger partial charge in [0, 0.05) is 31.2 Å². The minimum atomic E-state index is -0.415. The molecule has 0 saturated heterocycles. The van der Waals surface area contributed by atoms with Crippen LogP contribution in [0.3, 0.4) is 0 Å². The van der Waals surface area contributed by atoms with Crippen LogP contribution in [0.15, 0.2) is 48.5 Å². The molecule has 2 aromatic carbocycles. The molecule has 3 amide bonds. The first-order chi connectivity index (χ1) is 18.4. The quantitative estimate of drug-likeness (QED) is 0.450. The Balaban J connectivity index is 1.60. The van der Waals surface area contributed by atoms with E-state index in [9.17, 15) is 14.7 Å². The van der Waals surface area contributed by atoms with Crippen LogP contribution in [0.25, 0.3) is 0 Å². The first kappa shape index (κ1) is 27.9. The largest absolute Gasteiger partial charge is 0.486 e. The number of carbonyl (C=O) groups is 2. The summed E-state index contributed by atoms with van der Waals surface area (Å²) < 4.78 is 6.63. The number of likely N-dealkylation sites (N-methyl/N-ethyl adjacent to an activating group) is 1. The van der Waals surface area contributed by atoms with E-state index in [1.165, 1.54) is 32.1 Å². The molecule has 2 aromatic rings. The topological polar surface area (TPSA) is 94.1 Å². The molecular formula is C30H42N4O4. The predicted molar refractivity (Wildman–Crippen MR) is 151 cm³/mol. The molecule has 0 aromatic heterocycles. The molecule has 38 heavy (non-hydrogen) atoms. The van der Waals surface area contributed by atoms with Gasteiger partial charge in [-0.3, -0.25) is 4.79 Å². The van der Waals surface area contributed by atoms with Crippen LogP contribution in [0.1, 0.15) is 56.3 Å². The van der Waals surface area contributed by atoms with Crippen LogP contribution in [0.4, 0.5) is 16.2 Å². The SMILES string of the molecule is C[C@H](CO)N1C[C@H](C)[C@H](CN(C)CC2CCCCC2)Oc2c(NC(=O)Nc3ccccc3)cccc2C1=O. The second-order valence-corrected chi connectivity index (χ2v) is 11.0. The van der Waals surface area contributed by atoms with Crippen molar-refractivity contribution in [3.63, 3.8) is 0 Å². The van der Waals surface area contributed by atoms with E-state index in [0.717, 1.165) is 6.54 Å². The number of urea groups is 1. The van der Waals surface area contributed by atoms with Gasteiger partial charge in [0.2, 0.25) is 0 Å². The molecular weight excluding hydrogens is 480 g/mol. The summed E-state index contributed by atoms with van der Waals surface area (Å²) in [5.41, 5.74) is 1.49. The van der Waals surface area contributed by atoms with Gasteiger partial charge in [0.1, 0.15) is 6.10 Å². The molecule has 0 radical (unpaired) electrons. The summed E-state index contributed by atoms with van der Waals surface area (Å²) >= 11 is 0. The zero-order valence-corrected chi connectivity index (χ0v) is 22.9. The Morgan fingerprint density at radius 1 is 1.08 bits per heavy atom. The highest BCUT2D eigenvalue weighted by molar-refractivity contribution is 6.04. The molecule has 8 heteroatoms. The fourth-order valence-corrected chi connectivity index (χ4v) is 5.56. The fraction of sp³-hybridized carbons (Fsp3) is 0.533. The maximum Gasteiger partial charge on any atom is 0.323 e. The van der Waals surface area contributed by atoms with Crippen molar-refractivity contribution in [2.24, 2.45) is 11.8 Å². The van der Waals surface area contributed by atoms with Gasteiger partial charge < -0.3 is 30.3 Å². The number of hydrogen-bond donors (Lipinski definition) is 3. The Kier molecular flexibility index (Phi) is 9.63. The van der Waals surface area contributed by atoms with Gasteiger partial charge in [0.25, 0.3) is 5.91 Å². The summed E-state index contributed by atoms with van der Waals surface area (Å²) in [6.07, 6.45) is 6.28. The number of benzene rings is 2. The second kappa shape index (κ2) is 13.1. The van der Waals surface area contributed by atoms with Crippen LogP contribution in [0.5, 0.6) is 5.75 Å². The molecule has 8 nitrogen and oxygen atoms in total. The van der Waals surface area contributed by atoms with Gasteiger partial charge in [0.05, 0.1) is 23.9 Å². The van der Waals surface area contributed by atoms with Crippen molar-refractivity contribution in [2.45, 2.75) is 58.1 Å². The van der Waals surface area contributed by atoms with Crippen molar-refractivity contribution in [1.82, 2.24) is 9.80 Å². The van der Waals surface area contributed by atoms with Crippen LogP contribution in [-0.4, -0.2) is 72.3 Å². The maximum atomic E-state index is 13.7. The lowest BCUT2D eigenvalue weighted by Gasteiger charge is -2.39. The summed E-state index contributed by atoms with van der Waals surface area (Å²) in [5.74, 6) is 0.880. The van der Waals surface area contributed by atoms with Crippen molar-refractivity contribution >= 4 is 23.3 Å². The first-order valence-corrected chi connectivity index (χ1v) is 13.9. The number of aliphatic hydroxyl groups excluding tert-OH is 1. The van der Waals surface area contributed by atoms with Gasteiger partial charge in [-0.05, 0) is 57.0 Å². The standard InChI is InChI=1S/C30H42N4O4/c1-21-17-34(22(2)20-35)29(36)25-15-10-16-26(32-30(37)31-24-13-8-5-9-14-24)28(25)38-27(21)19-33(3)18-23-11-6-4-7-12-23/h5,8-10,13-16,21-23,27,35H,4,6-7,11-12,17-20H2,1-3H3,(H2,31,32,37)/t21-,22+,27-/m0/s1. The van der Waals surface area contributed by atoms with Gasteiger partial charge >= 0.3 is 6.03 Å². The Labute approximate surface area is 226 Å². The summed E-state index contributed by atoms with van der Waals surface area (Å²) in [4.78, 5) is 30.6. The molecule has 1 heterocycles. The molecule has 0 unspecified atom stereocenters. The van der Waals surface area contributed by atoms with Crippen LogP contribution < -0.4 is 15.4 Å². The predicted octanol–water partition coefficient (Wildman–Crippen LogP) is 5.06. The van der Waals surface area contributed by atoms with E-state index in [2.05, 4.69) is 29.5 Å². The fourth-order valence-electron chi connectivity index (χ4n) is 5.56. The van der Waals surface area contributed by atoms with Crippen molar-refractivity contribution in [1.29, 1.82) is 0 Å². The van der Waals surface area contributed by atoms with Crippen molar-refractivity contribution < 1.29 is 19.4 Å². The summed E-state index contributed by atoms with van der Waals surface area (Å²) in [6.45, 7) is 6.02. The average Bonchev–Trinajstić information content (AvgIpc) is 2.91. The monoisotopic (exact) mass is 522 g/mol. The van der Waals surface area contributed by atoms with E-state index in [0.29, 0.717) is 41.7 Å². The molecule has 1 saturated carbocycles. The Morgan fingerprint density at radius 3 is 2.53 bits per heavy atom. The number of carbonyl (C=O) groups excluding carboxylic acids is 2. The maximum absolute atomic E-state index is 13.7. The first-order valence-electron chi connectivity index (χ1n) is 13.9. The van der Waals surface area contributed by atoms with Crippen molar-refractivity contribution in [3.05, 3.63) is 54.1 Å². The van der Waals surface area contributed by atoms with E-state index in [4.69, 9.17) is 4.74 Å². The number of aliphatic hydroxyl groups is 1. The minimum Gasteiger partial charge on any atom is -0.486 e. The highest BCUT2D eigenvalue weighted by Gasteiger charge is 2.35. The molecule has 1 fully saturated rings. The molecule has 2 aliphatic rings. The molecule has 0 spiro atoms. The number of amides is 3.